The molecule has 0 radical (unpaired) electrons. The normalized spacial score (nSPS) is 10.9. The van der Waals surface area contributed by atoms with Crippen molar-refractivity contribution in [2.24, 2.45) is 0 Å². The summed E-state index contributed by atoms with van der Waals surface area (Å²) in [5.41, 5.74) is 7.71. The third-order valence-electron chi connectivity index (χ3n) is 4.16. The Kier molecular flexibility index (Phi) is 7.39. The van der Waals surface area contributed by atoms with E-state index in [4.69, 9.17) is 24.7 Å². The minimum Gasteiger partial charge on any atom is -0.461 e. The van der Waals surface area contributed by atoms with E-state index in [9.17, 15) is 4.79 Å². The topological polar surface area (TPSA) is 124 Å². The maximum absolute atomic E-state index is 12.1. The van der Waals surface area contributed by atoms with Crippen LogP contribution in [0.1, 0.15) is 25.3 Å². The molecular weight excluding hydrogens is 390 g/mol. The first kappa shape index (κ1) is 21.3. The number of nitrogens with two attached hydrogens (primary N) is 1. The number of ether oxygens (including phenoxy) is 4. The Balaban J connectivity index is 1.95. The maximum Gasteiger partial charge on any atom is 0.516 e. The minimum absolute atomic E-state index is 0.0189. The van der Waals surface area contributed by atoms with E-state index in [0.717, 1.165) is 18.4 Å². The molecule has 0 fully saturated rings. The molecule has 0 saturated carbocycles. The number of hydrogen-bond donors (Lipinski definition) is 1. The van der Waals surface area contributed by atoms with Gasteiger partial charge in [-0.05, 0) is 12.0 Å². The van der Waals surface area contributed by atoms with E-state index in [1.54, 1.807) is 11.7 Å². The van der Waals surface area contributed by atoms with Crippen LogP contribution >= 0.6 is 0 Å². The van der Waals surface area contributed by atoms with Crippen LogP contribution in [-0.4, -0.2) is 52.6 Å². The molecule has 0 unspecified atom stereocenters. The third kappa shape index (κ3) is 5.35. The molecule has 0 aliphatic heterocycles. The quantitative estimate of drug-likeness (QED) is 0.393. The van der Waals surface area contributed by atoms with Gasteiger partial charge in [-0.15, -0.1) is 0 Å². The number of carbonyl (C=O) groups excluding carboxylic acids is 1. The predicted molar refractivity (Wildman–Crippen MR) is 110 cm³/mol. The van der Waals surface area contributed by atoms with Crippen molar-refractivity contribution >= 4 is 23.1 Å². The second-order valence-corrected chi connectivity index (χ2v) is 6.43. The average molecular weight is 415 g/mol. The van der Waals surface area contributed by atoms with Gasteiger partial charge in [0.1, 0.15) is 6.61 Å². The number of rotatable bonds is 10. The van der Waals surface area contributed by atoms with Crippen LogP contribution in [0, 0.1) is 0 Å². The summed E-state index contributed by atoms with van der Waals surface area (Å²) in [5.74, 6) is 0.114. The molecule has 0 spiro atoms. The first-order valence-corrected chi connectivity index (χ1v) is 9.66. The van der Waals surface area contributed by atoms with Crippen LogP contribution in [0.15, 0.2) is 30.3 Å². The molecule has 0 aliphatic rings. The summed E-state index contributed by atoms with van der Waals surface area (Å²) in [5, 5.41) is 0. The molecule has 3 aromatic rings. The number of nitrogens with zero attached hydrogens (tertiary/aromatic N) is 4. The van der Waals surface area contributed by atoms with Crippen molar-refractivity contribution in [3.63, 3.8) is 0 Å². The van der Waals surface area contributed by atoms with Crippen LogP contribution < -0.4 is 15.2 Å². The van der Waals surface area contributed by atoms with Gasteiger partial charge in [-0.2, -0.15) is 15.0 Å². The molecule has 10 heteroatoms. The summed E-state index contributed by atoms with van der Waals surface area (Å²) < 4.78 is 22.5. The summed E-state index contributed by atoms with van der Waals surface area (Å²) in [6.07, 6.45) is 0.810. The highest BCUT2D eigenvalue weighted by Crippen LogP contribution is 2.26. The van der Waals surface area contributed by atoms with Gasteiger partial charge < -0.3 is 24.7 Å². The van der Waals surface area contributed by atoms with Crippen molar-refractivity contribution in [2.45, 2.75) is 26.3 Å². The zero-order valence-electron chi connectivity index (χ0n) is 17.0. The zero-order valence-corrected chi connectivity index (χ0v) is 17.0. The summed E-state index contributed by atoms with van der Waals surface area (Å²) in [4.78, 5) is 24.9. The maximum atomic E-state index is 12.1. The van der Waals surface area contributed by atoms with Crippen LogP contribution in [0.5, 0.6) is 12.0 Å². The molecule has 30 heavy (non-hydrogen) atoms. The van der Waals surface area contributed by atoms with Crippen LogP contribution in [0.25, 0.3) is 11.2 Å². The number of aromatic nitrogens is 4. The van der Waals surface area contributed by atoms with E-state index >= 15 is 0 Å². The van der Waals surface area contributed by atoms with E-state index < -0.39 is 6.16 Å². The van der Waals surface area contributed by atoms with Gasteiger partial charge in [0.2, 0.25) is 0 Å². The lowest BCUT2D eigenvalue weighted by Crippen LogP contribution is -2.15. The molecule has 0 atom stereocenters. The smallest absolute Gasteiger partial charge is 0.461 e. The number of hydrogen-bond acceptors (Lipinski definition) is 9. The summed E-state index contributed by atoms with van der Waals surface area (Å²) in [7, 11) is 1.57. The lowest BCUT2D eigenvalue weighted by molar-refractivity contribution is 0.0934. The number of methoxy groups -OCH3 is 1. The Hall–Kier alpha value is -3.40. The molecule has 0 aliphatic carbocycles. The molecule has 1 aromatic carbocycles. The summed E-state index contributed by atoms with van der Waals surface area (Å²) in [6, 6.07) is 9.73. The van der Waals surface area contributed by atoms with E-state index in [1.807, 2.05) is 37.3 Å². The second-order valence-electron chi connectivity index (χ2n) is 6.43. The van der Waals surface area contributed by atoms with E-state index in [1.165, 1.54) is 0 Å². The van der Waals surface area contributed by atoms with Gasteiger partial charge in [-0.25, -0.2) is 4.79 Å². The summed E-state index contributed by atoms with van der Waals surface area (Å²) in [6.45, 7) is 3.27. The Labute approximate surface area is 173 Å². The van der Waals surface area contributed by atoms with Crippen LogP contribution in [0.3, 0.4) is 0 Å². The van der Waals surface area contributed by atoms with E-state index in [2.05, 4.69) is 15.0 Å². The van der Waals surface area contributed by atoms with Crippen LogP contribution in [-0.2, 0) is 16.0 Å². The fourth-order valence-corrected chi connectivity index (χ4v) is 2.65. The number of unbranched alkanes of at least 4 members (excludes halogenated alkanes) is 1. The van der Waals surface area contributed by atoms with Crippen molar-refractivity contribution in [2.75, 3.05) is 32.7 Å². The second kappa shape index (κ2) is 10.4. The number of imidazole rings is 1. The van der Waals surface area contributed by atoms with Crippen molar-refractivity contribution in [3.8, 4) is 12.0 Å². The van der Waals surface area contributed by atoms with Gasteiger partial charge in [-0.3, -0.25) is 4.57 Å². The highest BCUT2D eigenvalue weighted by molar-refractivity contribution is 5.83. The van der Waals surface area contributed by atoms with Gasteiger partial charge in [0.25, 0.3) is 0 Å². The lowest BCUT2D eigenvalue weighted by atomic mass is 10.2. The van der Waals surface area contributed by atoms with Crippen molar-refractivity contribution in [1.29, 1.82) is 0 Å². The predicted octanol–water partition coefficient (Wildman–Crippen LogP) is 2.80. The highest BCUT2D eigenvalue weighted by Gasteiger charge is 2.21. The SMILES string of the molecule is CCCCOC(=O)Oc1nc2c(N)nc(OCCOC)nc2n1Cc1ccccc1. The Morgan fingerprint density at radius 1 is 1.10 bits per heavy atom. The number of nitrogen functional groups attached to an aromatic ring is 1. The largest absolute Gasteiger partial charge is 0.516 e. The van der Waals surface area contributed by atoms with Gasteiger partial charge >= 0.3 is 18.2 Å². The van der Waals surface area contributed by atoms with Gasteiger partial charge in [-0.1, -0.05) is 43.7 Å². The minimum atomic E-state index is -0.837. The molecule has 0 saturated heterocycles. The van der Waals surface area contributed by atoms with Gasteiger partial charge in [0, 0.05) is 7.11 Å². The molecule has 2 aromatic heterocycles. The number of fused-ring (bicyclic) bond motifs is 1. The molecule has 3 rings (SSSR count). The van der Waals surface area contributed by atoms with Crippen molar-refractivity contribution in [3.05, 3.63) is 35.9 Å². The van der Waals surface area contributed by atoms with Crippen molar-refractivity contribution in [1.82, 2.24) is 19.5 Å². The summed E-state index contributed by atoms with van der Waals surface area (Å²) >= 11 is 0. The Bertz CT molecular complexity index is 977. The Morgan fingerprint density at radius 3 is 2.63 bits per heavy atom. The molecule has 10 nitrogen and oxygen atoms in total. The fourth-order valence-electron chi connectivity index (χ4n) is 2.65. The monoisotopic (exact) mass is 415 g/mol. The van der Waals surface area contributed by atoms with E-state index in [0.29, 0.717) is 24.3 Å². The average Bonchev–Trinajstić information content (AvgIpc) is 3.07. The fraction of sp³-hybridized carbons (Fsp3) is 0.400. The van der Waals surface area contributed by atoms with Gasteiger partial charge in [0.15, 0.2) is 17.0 Å². The number of carbonyl (C=O) groups is 1. The third-order valence-corrected chi connectivity index (χ3v) is 4.16. The molecule has 160 valence electrons. The first-order valence-electron chi connectivity index (χ1n) is 9.66. The molecule has 0 bridgehead atoms. The highest BCUT2D eigenvalue weighted by atomic mass is 16.7. The molecular formula is C20H25N5O5. The molecule has 2 heterocycles. The first-order chi connectivity index (χ1) is 14.6. The Morgan fingerprint density at radius 2 is 1.90 bits per heavy atom. The van der Waals surface area contributed by atoms with E-state index in [-0.39, 0.29) is 31.1 Å². The molecule has 0 amide bonds. The van der Waals surface area contributed by atoms with Crippen LogP contribution in [0.2, 0.25) is 0 Å². The number of anilines is 1. The van der Waals surface area contributed by atoms with Gasteiger partial charge in [0.05, 0.1) is 19.8 Å². The van der Waals surface area contributed by atoms with Crippen molar-refractivity contribution < 1.29 is 23.7 Å². The zero-order chi connectivity index (χ0) is 21.3. The lowest BCUT2D eigenvalue weighted by Gasteiger charge is -2.10. The van der Waals surface area contributed by atoms with Crippen LogP contribution in [0.4, 0.5) is 10.6 Å². The molecule has 2 N–H and O–H groups in total. The standard InChI is InChI=1S/C20H25N5O5/c1-3-4-10-29-20(26)30-19-22-15-16(21)23-18(28-12-11-27-2)24-17(15)25(19)13-14-8-6-5-7-9-14/h5-9H,3-4,10-13H2,1-2H3,(H2,21,23,24). The number of benzene rings is 1.